The molecule has 2 aromatic rings. The maximum atomic E-state index is 12.0. The lowest BCUT2D eigenvalue weighted by atomic mass is 10.0. The van der Waals surface area contributed by atoms with Crippen LogP contribution < -0.4 is 5.32 Å². The number of carboxylic acid groups (broad SMARTS) is 1. The topological polar surface area (TPSA) is 82.2 Å². The number of amides is 1. The summed E-state index contributed by atoms with van der Waals surface area (Å²) in [6.07, 6.45) is 4.03. The van der Waals surface area contributed by atoms with Crippen molar-refractivity contribution in [2.24, 2.45) is 0 Å². The number of carbonyl (C=O) groups is 2. The third-order valence-electron chi connectivity index (χ3n) is 3.48. The molecular weight excluding hydrogens is 268 g/mol. The molecule has 0 fully saturated rings. The number of nitrogens with one attached hydrogen (secondary N) is 2. The van der Waals surface area contributed by atoms with Crippen LogP contribution in [-0.4, -0.2) is 22.0 Å². The lowest BCUT2D eigenvalue weighted by Gasteiger charge is -2.00. The number of rotatable bonds is 4. The van der Waals surface area contributed by atoms with E-state index in [2.05, 4.69) is 10.3 Å². The summed E-state index contributed by atoms with van der Waals surface area (Å²) < 4.78 is 0. The molecule has 5 heteroatoms. The van der Waals surface area contributed by atoms with Gasteiger partial charge < -0.3 is 15.4 Å². The smallest absolute Gasteiger partial charge is 0.303 e. The van der Waals surface area contributed by atoms with E-state index in [0.29, 0.717) is 12.0 Å². The molecule has 0 radical (unpaired) electrons. The zero-order valence-corrected chi connectivity index (χ0v) is 11.2. The molecule has 0 saturated carbocycles. The number of benzene rings is 1. The summed E-state index contributed by atoms with van der Waals surface area (Å²) in [5, 5.41) is 11.6. The number of aryl methyl sites for hydroxylation is 1. The predicted octanol–water partition coefficient (Wildman–Crippen LogP) is 2.52. The first-order valence-corrected chi connectivity index (χ1v) is 6.65. The van der Waals surface area contributed by atoms with Crippen LogP contribution in [0.4, 0.5) is 5.69 Å². The Bertz CT molecular complexity index is 743. The van der Waals surface area contributed by atoms with Gasteiger partial charge in [-0.2, -0.15) is 0 Å². The van der Waals surface area contributed by atoms with Crippen LogP contribution in [0.25, 0.3) is 11.6 Å². The van der Waals surface area contributed by atoms with Gasteiger partial charge >= 0.3 is 5.97 Å². The number of carboxylic acids is 1. The van der Waals surface area contributed by atoms with Crippen molar-refractivity contribution in [3.63, 3.8) is 0 Å². The van der Waals surface area contributed by atoms with Crippen LogP contribution in [0.15, 0.2) is 36.5 Å². The van der Waals surface area contributed by atoms with E-state index in [4.69, 9.17) is 5.11 Å². The van der Waals surface area contributed by atoms with Crippen LogP contribution in [0.3, 0.4) is 0 Å². The SMILES string of the molecule is O=C(O)CCc1cc[nH]c1/C=C1\C(=O)Nc2ccccc21. The minimum absolute atomic E-state index is 0.0663. The van der Waals surface area contributed by atoms with Crippen molar-refractivity contribution in [3.8, 4) is 0 Å². The van der Waals surface area contributed by atoms with Crippen molar-refractivity contribution in [2.45, 2.75) is 12.8 Å². The normalized spacial score (nSPS) is 15.0. The second-order valence-electron chi connectivity index (χ2n) is 4.87. The number of carbonyl (C=O) groups excluding carboxylic acids is 1. The molecule has 3 N–H and O–H groups in total. The van der Waals surface area contributed by atoms with Gasteiger partial charge in [0.05, 0.1) is 5.57 Å². The van der Waals surface area contributed by atoms with E-state index in [1.165, 1.54) is 0 Å². The Balaban J connectivity index is 1.94. The molecule has 0 atom stereocenters. The fourth-order valence-corrected chi connectivity index (χ4v) is 2.44. The van der Waals surface area contributed by atoms with Crippen molar-refractivity contribution < 1.29 is 14.7 Å². The third-order valence-corrected chi connectivity index (χ3v) is 3.48. The minimum Gasteiger partial charge on any atom is -0.481 e. The van der Waals surface area contributed by atoms with Gasteiger partial charge in [-0.3, -0.25) is 9.59 Å². The van der Waals surface area contributed by atoms with Gasteiger partial charge in [-0.25, -0.2) is 0 Å². The maximum Gasteiger partial charge on any atom is 0.303 e. The molecular formula is C16H14N2O3. The minimum atomic E-state index is -0.834. The Hall–Kier alpha value is -2.82. The second-order valence-corrected chi connectivity index (χ2v) is 4.87. The first-order chi connectivity index (χ1) is 10.1. The molecule has 5 nitrogen and oxygen atoms in total. The van der Waals surface area contributed by atoms with Crippen LogP contribution >= 0.6 is 0 Å². The average molecular weight is 282 g/mol. The molecule has 0 saturated heterocycles. The molecule has 1 aliphatic heterocycles. The lowest BCUT2D eigenvalue weighted by Crippen LogP contribution is -2.04. The Labute approximate surface area is 121 Å². The van der Waals surface area contributed by atoms with Gasteiger partial charge in [-0.05, 0) is 30.2 Å². The van der Waals surface area contributed by atoms with Gasteiger partial charge in [0.1, 0.15) is 0 Å². The second kappa shape index (κ2) is 5.28. The van der Waals surface area contributed by atoms with Gasteiger partial charge in [-0.1, -0.05) is 18.2 Å². The van der Waals surface area contributed by atoms with Gasteiger partial charge in [0.25, 0.3) is 5.91 Å². The highest BCUT2D eigenvalue weighted by Crippen LogP contribution is 2.32. The molecule has 0 unspecified atom stereocenters. The van der Waals surface area contributed by atoms with Crippen LogP contribution in [-0.2, 0) is 16.0 Å². The van der Waals surface area contributed by atoms with E-state index in [1.54, 1.807) is 12.3 Å². The number of hydrogen-bond donors (Lipinski definition) is 3. The molecule has 2 heterocycles. The van der Waals surface area contributed by atoms with Gasteiger partial charge in [0, 0.05) is 29.6 Å². The third kappa shape index (κ3) is 2.58. The summed E-state index contributed by atoms with van der Waals surface area (Å²) in [4.78, 5) is 25.8. The lowest BCUT2D eigenvalue weighted by molar-refractivity contribution is -0.137. The summed E-state index contributed by atoms with van der Waals surface area (Å²) in [6.45, 7) is 0. The summed E-state index contributed by atoms with van der Waals surface area (Å²) in [7, 11) is 0. The molecule has 21 heavy (non-hydrogen) atoms. The van der Waals surface area contributed by atoms with Gasteiger partial charge in [0.15, 0.2) is 0 Å². The number of fused-ring (bicyclic) bond motifs is 1. The summed E-state index contributed by atoms with van der Waals surface area (Å²) in [5.74, 6) is -0.978. The molecule has 1 amide bonds. The Morgan fingerprint density at radius 1 is 1.24 bits per heavy atom. The van der Waals surface area contributed by atoms with Gasteiger partial charge in [-0.15, -0.1) is 0 Å². The molecule has 0 bridgehead atoms. The number of para-hydroxylation sites is 1. The van der Waals surface area contributed by atoms with Crippen molar-refractivity contribution in [2.75, 3.05) is 5.32 Å². The number of aromatic nitrogens is 1. The zero-order valence-electron chi connectivity index (χ0n) is 11.2. The van der Waals surface area contributed by atoms with E-state index in [9.17, 15) is 9.59 Å². The summed E-state index contributed by atoms with van der Waals surface area (Å²) in [5.41, 5.74) is 3.92. The van der Waals surface area contributed by atoms with E-state index in [0.717, 1.165) is 22.5 Å². The van der Waals surface area contributed by atoms with Crippen LogP contribution in [0.1, 0.15) is 23.2 Å². The highest BCUT2D eigenvalue weighted by atomic mass is 16.4. The number of hydrogen-bond acceptors (Lipinski definition) is 2. The standard InChI is InChI=1S/C16H14N2O3/c19-15(20)6-5-10-7-8-17-14(10)9-12-11-3-1-2-4-13(11)18-16(12)21/h1-4,7-9,17H,5-6H2,(H,18,21)(H,19,20)/b12-9-. The van der Waals surface area contributed by atoms with Crippen molar-refractivity contribution in [1.29, 1.82) is 0 Å². The first-order valence-electron chi connectivity index (χ1n) is 6.65. The van der Waals surface area contributed by atoms with Crippen molar-refractivity contribution in [1.82, 2.24) is 4.98 Å². The summed E-state index contributed by atoms with van der Waals surface area (Å²) in [6, 6.07) is 9.34. The van der Waals surface area contributed by atoms with Gasteiger partial charge in [0.2, 0.25) is 0 Å². The Kier molecular flexibility index (Phi) is 3.31. The molecule has 1 aromatic heterocycles. The zero-order chi connectivity index (χ0) is 14.8. The monoisotopic (exact) mass is 282 g/mol. The molecule has 0 aliphatic carbocycles. The summed E-state index contributed by atoms with van der Waals surface area (Å²) >= 11 is 0. The van der Waals surface area contributed by atoms with Crippen LogP contribution in [0.5, 0.6) is 0 Å². The van der Waals surface area contributed by atoms with E-state index in [1.807, 2.05) is 30.3 Å². The maximum absolute atomic E-state index is 12.0. The highest BCUT2D eigenvalue weighted by molar-refractivity contribution is 6.34. The fraction of sp³-hybridized carbons (Fsp3) is 0.125. The van der Waals surface area contributed by atoms with Crippen LogP contribution in [0, 0.1) is 0 Å². The fourth-order valence-electron chi connectivity index (χ4n) is 2.44. The molecule has 106 valence electrons. The van der Waals surface area contributed by atoms with Crippen molar-refractivity contribution >= 4 is 29.2 Å². The average Bonchev–Trinajstić information content (AvgIpc) is 3.02. The van der Waals surface area contributed by atoms with E-state index in [-0.39, 0.29) is 12.3 Å². The van der Waals surface area contributed by atoms with E-state index >= 15 is 0 Å². The number of H-pyrrole nitrogens is 1. The Morgan fingerprint density at radius 3 is 2.86 bits per heavy atom. The first kappa shape index (κ1) is 13.2. The molecule has 0 spiro atoms. The van der Waals surface area contributed by atoms with Crippen molar-refractivity contribution in [3.05, 3.63) is 53.3 Å². The molecule has 1 aliphatic rings. The number of anilines is 1. The molecule has 1 aromatic carbocycles. The highest BCUT2D eigenvalue weighted by Gasteiger charge is 2.23. The quantitative estimate of drug-likeness (QED) is 0.754. The van der Waals surface area contributed by atoms with E-state index < -0.39 is 5.97 Å². The number of aliphatic carboxylic acids is 1. The number of aromatic amines is 1. The molecule has 3 rings (SSSR count). The van der Waals surface area contributed by atoms with Crippen LogP contribution in [0.2, 0.25) is 0 Å². The predicted molar refractivity (Wildman–Crippen MR) is 79.7 cm³/mol. The largest absolute Gasteiger partial charge is 0.481 e. The Morgan fingerprint density at radius 2 is 2.05 bits per heavy atom.